The van der Waals surface area contributed by atoms with Crippen molar-refractivity contribution < 1.29 is 14.4 Å². The van der Waals surface area contributed by atoms with Gasteiger partial charge < -0.3 is 4.90 Å². The number of hydrogen-bond donors (Lipinski definition) is 0. The highest BCUT2D eigenvalue weighted by atomic mass is 16.7. The second-order valence-corrected chi connectivity index (χ2v) is 4.56. The Morgan fingerprint density at radius 2 is 1.67 bits per heavy atom. The van der Waals surface area contributed by atoms with Crippen molar-refractivity contribution in [1.82, 2.24) is 9.96 Å². The minimum absolute atomic E-state index is 0.120. The Morgan fingerprint density at radius 1 is 1.17 bits per heavy atom. The Bertz CT molecular complexity index is 450. The van der Waals surface area contributed by atoms with E-state index in [2.05, 4.69) is 0 Å². The molecule has 0 N–H and O–H groups in total. The van der Waals surface area contributed by atoms with E-state index in [-0.39, 0.29) is 17.9 Å². The van der Waals surface area contributed by atoms with Crippen LogP contribution >= 0.6 is 0 Å². The molecule has 0 saturated heterocycles. The Hall–Kier alpha value is -1.72. The summed E-state index contributed by atoms with van der Waals surface area (Å²) in [6.45, 7) is 2.25. The zero-order valence-electron chi connectivity index (χ0n) is 10.7. The zero-order chi connectivity index (χ0) is 13.3. The van der Waals surface area contributed by atoms with Crippen molar-refractivity contribution in [1.29, 1.82) is 0 Å². The number of imide groups is 1. The predicted octanol–water partition coefficient (Wildman–Crippen LogP) is 1.16. The van der Waals surface area contributed by atoms with Gasteiger partial charge in [0.25, 0.3) is 11.8 Å². The maximum absolute atomic E-state index is 12.0. The number of hydrogen-bond acceptors (Lipinski definition) is 4. The van der Waals surface area contributed by atoms with Crippen LogP contribution in [0.5, 0.6) is 0 Å². The molecular weight excluding hydrogens is 232 g/mol. The van der Waals surface area contributed by atoms with Crippen LogP contribution < -0.4 is 0 Å². The third-order valence-corrected chi connectivity index (χ3v) is 3.08. The number of carbonyl (C=O) groups excluding carboxylic acids is 2. The number of amides is 2. The molecule has 18 heavy (non-hydrogen) atoms. The van der Waals surface area contributed by atoms with Crippen LogP contribution in [0.3, 0.4) is 0 Å². The Kier molecular flexibility index (Phi) is 3.45. The molecule has 96 valence electrons. The molecule has 1 aliphatic rings. The number of rotatable bonds is 4. The fraction of sp³-hybridized carbons (Fsp3) is 0.385. The Morgan fingerprint density at radius 3 is 2.11 bits per heavy atom. The molecule has 1 aromatic carbocycles. The van der Waals surface area contributed by atoms with Gasteiger partial charge in [-0.15, -0.1) is 5.06 Å². The number of hydroxylamine groups is 2. The largest absolute Gasteiger partial charge is 0.304 e. The summed E-state index contributed by atoms with van der Waals surface area (Å²) in [5.74, 6) is -0.775. The fourth-order valence-corrected chi connectivity index (χ4v) is 1.62. The predicted molar refractivity (Wildman–Crippen MR) is 66.0 cm³/mol. The summed E-state index contributed by atoms with van der Waals surface area (Å²) >= 11 is 0. The third-order valence-electron chi connectivity index (χ3n) is 3.08. The molecule has 0 spiro atoms. The smallest absolute Gasteiger partial charge is 0.285 e. The highest BCUT2D eigenvalue weighted by Gasteiger charge is 2.36. The molecule has 0 aromatic heterocycles. The normalized spacial score (nSPS) is 16.3. The lowest BCUT2D eigenvalue weighted by Crippen LogP contribution is -2.36. The van der Waals surface area contributed by atoms with Gasteiger partial charge in [-0.3, -0.25) is 14.4 Å². The molecule has 2 rings (SSSR count). The first-order valence-corrected chi connectivity index (χ1v) is 5.79. The van der Waals surface area contributed by atoms with Crippen molar-refractivity contribution in [3.8, 4) is 0 Å². The third kappa shape index (κ3) is 2.14. The summed E-state index contributed by atoms with van der Waals surface area (Å²) < 4.78 is 0. The molecule has 1 aromatic rings. The molecule has 1 aliphatic heterocycles. The van der Waals surface area contributed by atoms with Crippen LogP contribution in [0, 0.1) is 0 Å². The molecule has 0 bridgehead atoms. The SMILES string of the molecule is CC(CON1C(=O)c2ccccc2C1=O)N(C)C. The molecule has 5 heteroatoms. The van der Waals surface area contributed by atoms with Crippen LogP contribution in [0.25, 0.3) is 0 Å². The summed E-state index contributed by atoms with van der Waals surface area (Å²) in [4.78, 5) is 31.2. The first kappa shape index (κ1) is 12.7. The van der Waals surface area contributed by atoms with Crippen molar-refractivity contribution in [3.05, 3.63) is 35.4 Å². The zero-order valence-corrected chi connectivity index (χ0v) is 10.7. The second kappa shape index (κ2) is 4.88. The average Bonchev–Trinajstić information content (AvgIpc) is 2.60. The summed E-state index contributed by atoms with van der Waals surface area (Å²) in [7, 11) is 3.83. The van der Waals surface area contributed by atoms with Crippen LogP contribution in [0.15, 0.2) is 24.3 Å². The molecule has 1 unspecified atom stereocenters. The summed E-state index contributed by atoms with van der Waals surface area (Å²) in [5.41, 5.74) is 0.806. The maximum atomic E-state index is 12.0. The van der Waals surface area contributed by atoms with Gasteiger partial charge in [0.05, 0.1) is 17.7 Å². The van der Waals surface area contributed by atoms with E-state index in [4.69, 9.17) is 4.84 Å². The molecule has 5 nitrogen and oxygen atoms in total. The minimum Gasteiger partial charge on any atom is -0.304 e. The van der Waals surface area contributed by atoms with Crippen molar-refractivity contribution >= 4 is 11.8 Å². The molecular formula is C13H16N2O3. The van der Waals surface area contributed by atoms with Gasteiger partial charge in [-0.1, -0.05) is 12.1 Å². The number of likely N-dealkylation sites (N-methyl/N-ethyl adjacent to an activating group) is 1. The lowest BCUT2D eigenvalue weighted by Gasteiger charge is -2.21. The van der Waals surface area contributed by atoms with Gasteiger partial charge in [0, 0.05) is 6.04 Å². The Balaban J connectivity index is 2.10. The first-order chi connectivity index (χ1) is 8.52. The number of fused-ring (bicyclic) bond motifs is 1. The molecule has 0 radical (unpaired) electrons. The van der Waals surface area contributed by atoms with Crippen molar-refractivity contribution in [3.63, 3.8) is 0 Å². The van der Waals surface area contributed by atoms with Gasteiger partial charge >= 0.3 is 0 Å². The van der Waals surface area contributed by atoms with E-state index >= 15 is 0 Å². The lowest BCUT2D eigenvalue weighted by atomic mass is 10.1. The van der Waals surface area contributed by atoms with Crippen LogP contribution in [-0.2, 0) is 4.84 Å². The van der Waals surface area contributed by atoms with Gasteiger partial charge in [-0.25, -0.2) is 0 Å². The fourth-order valence-electron chi connectivity index (χ4n) is 1.62. The number of carbonyl (C=O) groups is 2. The van der Waals surface area contributed by atoms with E-state index in [0.29, 0.717) is 17.7 Å². The van der Waals surface area contributed by atoms with E-state index in [1.165, 1.54) is 0 Å². The van der Waals surface area contributed by atoms with Crippen LogP contribution in [0.1, 0.15) is 27.6 Å². The summed E-state index contributed by atoms with van der Waals surface area (Å²) in [6.07, 6.45) is 0. The van der Waals surface area contributed by atoms with Crippen molar-refractivity contribution in [2.75, 3.05) is 20.7 Å². The molecule has 1 heterocycles. The quantitative estimate of drug-likeness (QED) is 0.750. The average molecular weight is 248 g/mol. The molecule has 0 fully saturated rings. The maximum Gasteiger partial charge on any atom is 0.285 e. The second-order valence-electron chi connectivity index (χ2n) is 4.56. The first-order valence-electron chi connectivity index (χ1n) is 5.79. The van der Waals surface area contributed by atoms with E-state index in [0.717, 1.165) is 5.06 Å². The van der Waals surface area contributed by atoms with Crippen LogP contribution in [0.4, 0.5) is 0 Å². The van der Waals surface area contributed by atoms with Crippen molar-refractivity contribution in [2.45, 2.75) is 13.0 Å². The Labute approximate surface area is 106 Å². The van der Waals surface area contributed by atoms with Gasteiger partial charge in [0.15, 0.2) is 0 Å². The molecule has 0 saturated carbocycles. The van der Waals surface area contributed by atoms with Crippen molar-refractivity contribution in [2.24, 2.45) is 0 Å². The minimum atomic E-state index is -0.387. The van der Waals surface area contributed by atoms with E-state index in [9.17, 15) is 9.59 Å². The highest BCUT2D eigenvalue weighted by Crippen LogP contribution is 2.22. The number of nitrogens with zero attached hydrogens (tertiary/aromatic N) is 2. The van der Waals surface area contributed by atoms with E-state index in [1.54, 1.807) is 24.3 Å². The van der Waals surface area contributed by atoms with Gasteiger partial charge in [0.2, 0.25) is 0 Å². The number of benzene rings is 1. The van der Waals surface area contributed by atoms with Crippen LogP contribution in [0.2, 0.25) is 0 Å². The van der Waals surface area contributed by atoms with Gasteiger partial charge in [-0.05, 0) is 33.2 Å². The summed E-state index contributed by atoms with van der Waals surface area (Å²) in [5, 5.41) is 0.852. The molecule has 0 aliphatic carbocycles. The standard InChI is InChI=1S/C13H16N2O3/c1-9(14(2)3)8-18-15-12(16)10-6-4-5-7-11(10)13(15)17/h4-7,9H,8H2,1-3H3. The van der Waals surface area contributed by atoms with E-state index < -0.39 is 0 Å². The topological polar surface area (TPSA) is 49.9 Å². The van der Waals surface area contributed by atoms with E-state index in [1.807, 2.05) is 25.9 Å². The monoisotopic (exact) mass is 248 g/mol. The van der Waals surface area contributed by atoms with Crippen LogP contribution in [-0.4, -0.2) is 48.5 Å². The molecule has 2 amide bonds. The lowest BCUT2D eigenvalue weighted by molar-refractivity contribution is -0.103. The summed E-state index contributed by atoms with van der Waals surface area (Å²) in [6, 6.07) is 6.85. The highest BCUT2D eigenvalue weighted by molar-refractivity contribution is 6.20. The van der Waals surface area contributed by atoms with Gasteiger partial charge in [0.1, 0.15) is 0 Å². The molecule has 1 atom stereocenters. The van der Waals surface area contributed by atoms with Gasteiger partial charge in [-0.2, -0.15) is 0 Å².